The van der Waals surface area contributed by atoms with Gasteiger partial charge in [0, 0.05) is 11.1 Å². The number of hydrogen-bond donors (Lipinski definition) is 0. The van der Waals surface area contributed by atoms with Crippen LogP contribution in [0.3, 0.4) is 0 Å². The third kappa shape index (κ3) is 3.04. The second-order valence-corrected chi connectivity index (χ2v) is 5.08. The molecule has 2 nitrogen and oxygen atoms in total. The third-order valence-electron chi connectivity index (χ3n) is 2.88. The Kier molecular flexibility index (Phi) is 4.38. The van der Waals surface area contributed by atoms with Gasteiger partial charge in [0.1, 0.15) is 5.75 Å². The molecule has 0 amide bonds. The normalized spacial score (nSPS) is 10.3. The zero-order chi connectivity index (χ0) is 13.8. The topological polar surface area (TPSA) is 26.3 Å². The van der Waals surface area contributed by atoms with Crippen molar-refractivity contribution in [1.82, 2.24) is 0 Å². The van der Waals surface area contributed by atoms with Crippen LogP contribution in [0.4, 0.5) is 0 Å². The van der Waals surface area contributed by atoms with Crippen LogP contribution in [-0.4, -0.2) is 12.4 Å². The Morgan fingerprint density at radius 2 is 1.95 bits per heavy atom. The SMILES string of the molecule is CCOc1ccc(C(=O)c2ccccc2C)cc1Br. The van der Waals surface area contributed by atoms with E-state index in [2.05, 4.69) is 15.9 Å². The molecule has 3 heteroatoms. The van der Waals surface area contributed by atoms with Crippen molar-refractivity contribution < 1.29 is 9.53 Å². The van der Waals surface area contributed by atoms with Crippen LogP contribution >= 0.6 is 15.9 Å². The van der Waals surface area contributed by atoms with Gasteiger partial charge in [0.2, 0.25) is 0 Å². The summed E-state index contributed by atoms with van der Waals surface area (Å²) >= 11 is 3.43. The molecule has 0 saturated heterocycles. The zero-order valence-corrected chi connectivity index (χ0v) is 12.5. The minimum absolute atomic E-state index is 0.0295. The number of carbonyl (C=O) groups excluding carboxylic acids is 1. The maximum atomic E-state index is 12.4. The summed E-state index contributed by atoms with van der Waals surface area (Å²) in [6.07, 6.45) is 0. The highest BCUT2D eigenvalue weighted by Gasteiger charge is 2.13. The van der Waals surface area contributed by atoms with Crippen molar-refractivity contribution in [2.24, 2.45) is 0 Å². The quantitative estimate of drug-likeness (QED) is 0.782. The van der Waals surface area contributed by atoms with Crippen molar-refractivity contribution in [2.45, 2.75) is 13.8 Å². The number of aryl methyl sites for hydroxylation is 1. The number of ketones is 1. The summed E-state index contributed by atoms with van der Waals surface area (Å²) in [5, 5.41) is 0. The first-order chi connectivity index (χ1) is 9.13. The van der Waals surface area contributed by atoms with Crippen LogP contribution in [0.1, 0.15) is 28.4 Å². The second kappa shape index (κ2) is 6.02. The number of hydrogen-bond acceptors (Lipinski definition) is 2. The van der Waals surface area contributed by atoms with E-state index in [1.165, 1.54) is 0 Å². The summed E-state index contributed by atoms with van der Waals surface area (Å²) in [5.41, 5.74) is 2.38. The van der Waals surface area contributed by atoms with E-state index in [-0.39, 0.29) is 5.78 Å². The van der Waals surface area contributed by atoms with Gasteiger partial charge >= 0.3 is 0 Å². The standard InChI is InChI=1S/C16H15BrO2/c1-3-19-15-9-8-12(10-14(15)17)16(18)13-7-5-4-6-11(13)2/h4-10H,3H2,1-2H3. The summed E-state index contributed by atoms with van der Waals surface area (Å²) in [6, 6.07) is 13.0. The van der Waals surface area contributed by atoms with Gasteiger partial charge in [-0.1, -0.05) is 24.3 Å². The van der Waals surface area contributed by atoms with E-state index < -0.39 is 0 Å². The van der Waals surface area contributed by atoms with E-state index in [1.807, 2.05) is 44.2 Å². The van der Waals surface area contributed by atoms with E-state index in [0.29, 0.717) is 12.2 Å². The monoisotopic (exact) mass is 318 g/mol. The van der Waals surface area contributed by atoms with Crippen molar-refractivity contribution in [1.29, 1.82) is 0 Å². The average Bonchev–Trinajstić information content (AvgIpc) is 2.41. The Morgan fingerprint density at radius 1 is 1.21 bits per heavy atom. The fourth-order valence-corrected chi connectivity index (χ4v) is 2.39. The first kappa shape index (κ1) is 13.8. The summed E-state index contributed by atoms with van der Waals surface area (Å²) in [4.78, 5) is 12.4. The first-order valence-electron chi connectivity index (χ1n) is 6.16. The molecule has 0 unspecified atom stereocenters. The lowest BCUT2D eigenvalue weighted by atomic mass is 9.99. The van der Waals surface area contributed by atoms with Crippen LogP contribution in [0.25, 0.3) is 0 Å². The number of rotatable bonds is 4. The molecule has 0 atom stereocenters. The molecule has 0 spiro atoms. The lowest BCUT2D eigenvalue weighted by Gasteiger charge is -2.08. The minimum atomic E-state index is 0.0295. The molecule has 0 saturated carbocycles. The van der Waals surface area contributed by atoms with Gasteiger partial charge in [-0.15, -0.1) is 0 Å². The molecule has 2 rings (SSSR count). The van der Waals surface area contributed by atoms with E-state index in [4.69, 9.17) is 4.74 Å². The van der Waals surface area contributed by atoms with Crippen LogP contribution in [0.2, 0.25) is 0 Å². The highest BCUT2D eigenvalue weighted by Crippen LogP contribution is 2.27. The highest BCUT2D eigenvalue weighted by atomic mass is 79.9. The predicted molar refractivity (Wildman–Crippen MR) is 79.9 cm³/mol. The van der Waals surface area contributed by atoms with Crippen molar-refractivity contribution in [3.63, 3.8) is 0 Å². The molecule has 0 N–H and O–H groups in total. The van der Waals surface area contributed by atoms with Gasteiger partial charge in [-0.25, -0.2) is 0 Å². The Labute approximate surface area is 121 Å². The molecule has 19 heavy (non-hydrogen) atoms. The lowest BCUT2D eigenvalue weighted by Crippen LogP contribution is -2.04. The third-order valence-corrected chi connectivity index (χ3v) is 3.50. The van der Waals surface area contributed by atoms with E-state index in [1.54, 1.807) is 12.1 Å². The number of carbonyl (C=O) groups is 1. The van der Waals surface area contributed by atoms with Crippen LogP contribution in [-0.2, 0) is 0 Å². The maximum absolute atomic E-state index is 12.4. The maximum Gasteiger partial charge on any atom is 0.193 e. The number of ether oxygens (including phenoxy) is 1. The molecule has 0 aliphatic heterocycles. The first-order valence-corrected chi connectivity index (χ1v) is 6.95. The Balaban J connectivity index is 2.35. The predicted octanol–water partition coefficient (Wildman–Crippen LogP) is 4.39. The van der Waals surface area contributed by atoms with Gasteiger partial charge in [0.15, 0.2) is 5.78 Å². The summed E-state index contributed by atoms with van der Waals surface area (Å²) in [7, 11) is 0. The van der Waals surface area contributed by atoms with Crippen molar-refractivity contribution >= 4 is 21.7 Å². The Morgan fingerprint density at radius 3 is 2.58 bits per heavy atom. The van der Waals surface area contributed by atoms with Gasteiger partial charge < -0.3 is 4.74 Å². The van der Waals surface area contributed by atoms with Crippen LogP contribution in [0.15, 0.2) is 46.9 Å². The molecule has 2 aromatic rings. The average molecular weight is 319 g/mol. The molecule has 0 aliphatic rings. The molecule has 2 aromatic carbocycles. The van der Waals surface area contributed by atoms with E-state index >= 15 is 0 Å². The van der Waals surface area contributed by atoms with Gasteiger partial charge in [-0.05, 0) is 53.5 Å². The van der Waals surface area contributed by atoms with Crippen LogP contribution in [0.5, 0.6) is 5.75 Å². The summed E-state index contributed by atoms with van der Waals surface area (Å²) < 4.78 is 6.24. The molecule has 0 bridgehead atoms. The Bertz CT molecular complexity index is 605. The van der Waals surface area contributed by atoms with Crippen molar-refractivity contribution in [3.8, 4) is 5.75 Å². The molecular formula is C16H15BrO2. The van der Waals surface area contributed by atoms with E-state index in [9.17, 15) is 4.79 Å². The molecule has 0 aromatic heterocycles. The highest BCUT2D eigenvalue weighted by molar-refractivity contribution is 9.10. The van der Waals surface area contributed by atoms with Gasteiger partial charge in [-0.2, -0.15) is 0 Å². The summed E-state index contributed by atoms with van der Waals surface area (Å²) in [5.74, 6) is 0.783. The number of benzene rings is 2. The molecule has 0 aliphatic carbocycles. The summed E-state index contributed by atoms with van der Waals surface area (Å²) in [6.45, 7) is 4.47. The van der Waals surface area contributed by atoms with Crippen LogP contribution < -0.4 is 4.74 Å². The van der Waals surface area contributed by atoms with E-state index in [0.717, 1.165) is 21.3 Å². The van der Waals surface area contributed by atoms with Crippen molar-refractivity contribution in [3.05, 3.63) is 63.6 Å². The fraction of sp³-hybridized carbons (Fsp3) is 0.188. The molecule has 0 fully saturated rings. The zero-order valence-electron chi connectivity index (χ0n) is 10.9. The molecule has 0 radical (unpaired) electrons. The fourth-order valence-electron chi connectivity index (χ4n) is 1.90. The van der Waals surface area contributed by atoms with Gasteiger partial charge in [0.05, 0.1) is 11.1 Å². The number of halogens is 1. The van der Waals surface area contributed by atoms with Gasteiger partial charge in [0.25, 0.3) is 0 Å². The second-order valence-electron chi connectivity index (χ2n) is 4.22. The van der Waals surface area contributed by atoms with Crippen molar-refractivity contribution in [2.75, 3.05) is 6.61 Å². The largest absolute Gasteiger partial charge is 0.493 e. The smallest absolute Gasteiger partial charge is 0.193 e. The van der Waals surface area contributed by atoms with Gasteiger partial charge in [-0.3, -0.25) is 4.79 Å². The lowest BCUT2D eigenvalue weighted by molar-refractivity contribution is 0.103. The minimum Gasteiger partial charge on any atom is -0.493 e. The van der Waals surface area contributed by atoms with Crippen LogP contribution in [0, 0.1) is 6.92 Å². The molecular weight excluding hydrogens is 304 g/mol. The Hall–Kier alpha value is -1.61. The molecule has 98 valence electrons. The molecule has 0 heterocycles.